The van der Waals surface area contributed by atoms with Gasteiger partial charge in [-0.05, 0) is 69.9 Å². The number of anilines is 1. The van der Waals surface area contributed by atoms with Gasteiger partial charge in [0.2, 0.25) is 5.91 Å². The molecule has 0 aliphatic carbocycles. The number of amides is 2. The molecule has 1 atom stereocenters. The van der Waals surface area contributed by atoms with Gasteiger partial charge in [-0.15, -0.1) is 11.3 Å². The lowest BCUT2D eigenvalue weighted by Gasteiger charge is -2.32. The number of rotatable bonds is 3. The molecule has 3 aromatic rings. The van der Waals surface area contributed by atoms with E-state index in [4.69, 9.17) is 0 Å². The number of carbonyl (C=O) groups is 2. The number of carbonyl (C=O) groups excluding carboxylic acids is 2. The van der Waals surface area contributed by atoms with Crippen LogP contribution < -0.4 is 5.32 Å². The van der Waals surface area contributed by atoms with Gasteiger partial charge >= 0.3 is 0 Å². The highest BCUT2D eigenvalue weighted by Crippen LogP contribution is 2.34. The fourth-order valence-corrected chi connectivity index (χ4v) is 5.45. The summed E-state index contributed by atoms with van der Waals surface area (Å²) >= 11 is 1.45. The van der Waals surface area contributed by atoms with Crippen LogP contribution in [0.15, 0.2) is 24.3 Å². The number of hydrogen-bond acceptors (Lipinski definition) is 5. The first-order chi connectivity index (χ1) is 14.3. The van der Waals surface area contributed by atoms with E-state index in [1.807, 2.05) is 37.8 Å². The summed E-state index contributed by atoms with van der Waals surface area (Å²) in [5.41, 5.74) is 3.94. The maximum absolute atomic E-state index is 13.3. The summed E-state index contributed by atoms with van der Waals surface area (Å²) in [6.07, 6.45) is 1.58. The van der Waals surface area contributed by atoms with Crippen molar-refractivity contribution in [3.63, 3.8) is 0 Å². The highest BCUT2D eigenvalue weighted by atomic mass is 32.1. The summed E-state index contributed by atoms with van der Waals surface area (Å²) in [5, 5.41) is 3.98. The molecule has 4 heterocycles. The van der Waals surface area contributed by atoms with E-state index < -0.39 is 0 Å². The number of aromatic nitrogens is 2. The minimum Gasteiger partial charge on any atom is -0.337 e. The van der Waals surface area contributed by atoms with Crippen molar-refractivity contribution >= 4 is 39.2 Å². The molecule has 1 aliphatic heterocycles. The van der Waals surface area contributed by atoms with Crippen molar-refractivity contribution in [3.05, 3.63) is 51.7 Å². The summed E-state index contributed by atoms with van der Waals surface area (Å²) in [6.45, 7) is 9.02. The van der Waals surface area contributed by atoms with Crippen LogP contribution in [0.3, 0.4) is 0 Å². The van der Waals surface area contributed by atoms with E-state index in [1.165, 1.54) is 11.3 Å². The van der Waals surface area contributed by atoms with Crippen LogP contribution in [0.2, 0.25) is 0 Å². The first-order valence-electron chi connectivity index (χ1n) is 10.2. The van der Waals surface area contributed by atoms with Crippen molar-refractivity contribution in [3.8, 4) is 0 Å². The minimum atomic E-state index is -0.234. The van der Waals surface area contributed by atoms with Crippen LogP contribution in [0.1, 0.15) is 45.0 Å². The van der Waals surface area contributed by atoms with Crippen LogP contribution >= 0.6 is 11.3 Å². The Labute approximate surface area is 180 Å². The Balaban J connectivity index is 1.52. The fourth-order valence-electron chi connectivity index (χ4n) is 4.18. The molecule has 0 saturated carbocycles. The first-order valence-corrected chi connectivity index (χ1v) is 11.1. The van der Waals surface area contributed by atoms with Crippen molar-refractivity contribution in [1.82, 2.24) is 14.9 Å². The number of thiophene rings is 1. The Morgan fingerprint density at radius 1 is 1.13 bits per heavy atom. The molecule has 156 valence electrons. The van der Waals surface area contributed by atoms with Crippen molar-refractivity contribution in [2.45, 2.75) is 40.5 Å². The Morgan fingerprint density at radius 3 is 2.70 bits per heavy atom. The number of nitrogens with zero attached hydrogens (tertiary/aromatic N) is 3. The number of fused-ring (bicyclic) bond motifs is 1. The number of aryl methyl sites for hydroxylation is 4. The van der Waals surface area contributed by atoms with Gasteiger partial charge in [0.25, 0.3) is 5.91 Å². The van der Waals surface area contributed by atoms with Crippen LogP contribution in [0, 0.1) is 33.6 Å². The van der Waals surface area contributed by atoms with Gasteiger partial charge in [-0.1, -0.05) is 6.07 Å². The molecule has 1 N–H and O–H groups in total. The SMILES string of the molecule is Cc1cccc(NC(=O)C2CCCN(C(=O)c3sc4nc(C)cc(C)c4c3C)C2)n1. The second-order valence-corrected chi connectivity index (χ2v) is 9.06. The summed E-state index contributed by atoms with van der Waals surface area (Å²) < 4.78 is 0. The summed E-state index contributed by atoms with van der Waals surface area (Å²) in [7, 11) is 0. The van der Waals surface area contributed by atoms with Crippen molar-refractivity contribution < 1.29 is 9.59 Å². The van der Waals surface area contributed by atoms with Crippen molar-refractivity contribution in [2.24, 2.45) is 5.92 Å². The fraction of sp³-hybridized carbons (Fsp3) is 0.391. The zero-order chi connectivity index (χ0) is 21.4. The third-order valence-electron chi connectivity index (χ3n) is 5.64. The van der Waals surface area contributed by atoms with Gasteiger partial charge < -0.3 is 10.2 Å². The monoisotopic (exact) mass is 422 g/mol. The average Bonchev–Trinajstić information content (AvgIpc) is 3.04. The van der Waals surface area contributed by atoms with Crippen LogP contribution in [-0.4, -0.2) is 39.8 Å². The first kappa shape index (κ1) is 20.5. The Bertz CT molecular complexity index is 1140. The van der Waals surface area contributed by atoms with E-state index in [0.29, 0.717) is 18.9 Å². The van der Waals surface area contributed by atoms with E-state index in [0.717, 1.165) is 50.5 Å². The van der Waals surface area contributed by atoms with Gasteiger partial charge in [0.15, 0.2) is 0 Å². The van der Waals surface area contributed by atoms with Crippen molar-refractivity contribution in [1.29, 1.82) is 0 Å². The van der Waals surface area contributed by atoms with Crippen molar-refractivity contribution in [2.75, 3.05) is 18.4 Å². The van der Waals surface area contributed by atoms with Gasteiger partial charge in [-0.25, -0.2) is 9.97 Å². The standard InChI is InChI=1S/C23H26N4O2S/c1-13-11-15(3)25-22-19(13)16(4)20(30-22)23(29)27-10-6-8-17(12-27)21(28)26-18-9-5-7-14(2)24-18/h5,7,9,11,17H,6,8,10,12H2,1-4H3,(H,24,26,28). The third-order valence-corrected chi connectivity index (χ3v) is 6.81. The zero-order valence-corrected chi connectivity index (χ0v) is 18.6. The highest BCUT2D eigenvalue weighted by molar-refractivity contribution is 7.20. The molecule has 30 heavy (non-hydrogen) atoms. The molecule has 3 aromatic heterocycles. The number of likely N-dealkylation sites (tertiary alicyclic amines) is 1. The Kier molecular flexibility index (Phi) is 5.56. The largest absolute Gasteiger partial charge is 0.337 e. The lowest BCUT2D eigenvalue weighted by Crippen LogP contribution is -2.43. The van der Waals surface area contributed by atoms with Crippen LogP contribution in [0.25, 0.3) is 10.2 Å². The van der Waals surface area contributed by atoms with E-state index in [1.54, 1.807) is 6.07 Å². The molecule has 1 saturated heterocycles. The van der Waals surface area contributed by atoms with Gasteiger partial charge in [0.05, 0.1) is 10.8 Å². The predicted octanol–water partition coefficient (Wildman–Crippen LogP) is 4.42. The normalized spacial score (nSPS) is 16.7. The molecule has 6 nitrogen and oxygen atoms in total. The summed E-state index contributed by atoms with van der Waals surface area (Å²) in [5.74, 6) is 0.244. The second kappa shape index (κ2) is 8.14. The topological polar surface area (TPSA) is 75.2 Å². The van der Waals surface area contributed by atoms with Crippen LogP contribution in [-0.2, 0) is 4.79 Å². The molecule has 7 heteroatoms. The van der Waals surface area contributed by atoms with E-state index in [9.17, 15) is 9.59 Å². The maximum atomic E-state index is 13.3. The quantitative estimate of drug-likeness (QED) is 0.678. The molecule has 0 spiro atoms. The van der Waals surface area contributed by atoms with E-state index in [2.05, 4.69) is 28.3 Å². The average molecular weight is 423 g/mol. The minimum absolute atomic E-state index is 0.00117. The van der Waals surface area contributed by atoms with E-state index in [-0.39, 0.29) is 17.7 Å². The summed E-state index contributed by atoms with van der Waals surface area (Å²) in [4.78, 5) is 38.5. The molecule has 0 radical (unpaired) electrons. The van der Waals surface area contributed by atoms with Crippen LogP contribution in [0.4, 0.5) is 5.82 Å². The highest BCUT2D eigenvalue weighted by Gasteiger charge is 2.31. The zero-order valence-electron chi connectivity index (χ0n) is 17.8. The molecule has 1 aliphatic rings. The smallest absolute Gasteiger partial charge is 0.264 e. The molecular formula is C23H26N4O2S. The van der Waals surface area contributed by atoms with Gasteiger partial charge in [0, 0.05) is 29.9 Å². The predicted molar refractivity (Wildman–Crippen MR) is 120 cm³/mol. The van der Waals surface area contributed by atoms with Gasteiger partial charge in [-0.2, -0.15) is 0 Å². The molecule has 0 aromatic carbocycles. The molecule has 2 amide bonds. The van der Waals surface area contributed by atoms with E-state index >= 15 is 0 Å². The lowest BCUT2D eigenvalue weighted by molar-refractivity contribution is -0.121. The van der Waals surface area contributed by atoms with Gasteiger partial charge in [0.1, 0.15) is 10.6 Å². The summed E-state index contributed by atoms with van der Waals surface area (Å²) in [6, 6.07) is 7.60. The number of pyridine rings is 2. The molecule has 4 rings (SSSR count). The molecular weight excluding hydrogens is 396 g/mol. The number of nitrogens with one attached hydrogen (secondary N) is 1. The van der Waals surface area contributed by atoms with Gasteiger partial charge in [-0.3, -0.25) is 9.59 Å². The molecule has 1 fully saturated rings. The molecule has 1 unspecified atom stereocenters. The third kappa shape index (κ3) is 3.94. The van der Waals surface area contributed by atoms with Crippen LogP contribution in [0.5, 0.6) is 0 Å². The molecule has 0 bridgehead atoms. The Morgan fingerprint density at radius 2 is 1.93 bits per heavy atom. The number of piperidine rings is 1. The second-order valence-electron chi connectivity index (χ2n) is 8.06. The Hall–Kier alpha value is -2.80. The number of hydrogen-bond donors (Lipinski definition) is 1. The maximum Gasteiger partial charge on any atom is 0.264 e. The lowest BCUT2D eigenvalue weighted by atomic mass is 9.96.